The third-order valence-electron chi connectivity index (χ3n) is 3.25. The minimum Gasteiger partial charge on any atom is -0.360 e. The van der Waals surface area contributed by atoms with Gasteiger partial charge in [-0.15, -0.1) is 0 Å². The van der Waals surface area contributed by atoms with Crippen molar-refractivity contribution in [3.8, 4) is 11.1 Å². The number of H-pyrrole nitrogens is 1. The van der Waals surface area contributed by atoms with E-state index in [0.717, 1.165) is 0 Å². The Labute approximate surface area is 101 Å². The van der Waals surface area contributed by atoms with E-state index in [4.69, 9.17) is 0 Å². The molecule has 1 N–H and O–H groups in total. The Bertz CT molecular complexity index is 677. The second-order valence-electron chi connectivity index (χ2n) is 4.57. The van der Waals surface area contributed by atoms with Gasteiger partial charge < -0.3 is 4.98 Å². The number of para-hydroxylation sites is 1. The molecule has 1 heteroatoms. The molecule has 1 heterocycles. The highest BCUT2D eigenvalue weighted by Gasteiger charge is 2.06. The monoisotopic (exact) mass is 221 g/mol. The van der Waals surface area contributed by atoms with E-state index in [1.54, 1.807) is 0 Å². The molecule has 0 saturated carbocycles. The summed E-state index contributed by atoms with van der Waals surface area (Å²) in [5.41, 5.74) is 6.39. The zero-order valence-corrected chi connectivity index (χ0v) is 10.1. The molecule has 0 saturated heterocycles. The number of rotatable bonds is 1. The van der Waals surface area contributed by atoms with E-state index in [9.17, 15) is 0 Å². The van der Waals surface area contributed by atoms with Crippen LogP contribution in [0.15, 0.2) is 48.7 Å². The maximum Gasteiger partial charge on any atom is 0.0490 e. The molecule has 84 valence electrons. The van der Waals surface area contributed by atoms with Crippen LogP contribution in [0.25, 0.3) is 22.0 Å². The molecule has 0 amide bonds. The fourth-order valence-corrected chi connectivity index (χ4v) is 2.36. The molecule has 1 nitrogen and oxygen atoms in total. The van der Waals surface area contributed by atoms with E-state index in [1.165, 1.54) is 33.2 Å². The van der Waals surface area contributed by atoms with Crippen molar-refractivity contribution < 1.29 is 0 Å². The van der Waals surface area contributed by atoms with Crippen molar-refractivity contribution in [3.63, 3.8) is 0 Å². The van der Waals surface area contributed by atoms with Gasteiger partial charge in [0.25, 0.3) is 0 Å². The van der Waals surface area contributed by atoms with E-state index >= 15 is 0 Å². The number of nitrogens with one attached hydrogen (secondary N) is 1. The molecule has 0 spiro atoms. The molecule has 2 aromatic carbocycles. The second kappa shape index (κ2) is 3.77. The molecule has 0 unspecified atom stereocenters. The van der Waals surface area contributed by atoms with Gasteiger partial charge in [-0.1, -0.05) is 48.0 Å². The average Bonchev–Trinajstić information content (AvgIpc) is 2.74. The van der Waals surface area contributed by atoms with Crippen LogP contribution in [-0.2, 0) is 0 Å². The topological polar surface area (TPSA) is 15.8 Å². The summed E-state index contributed by atoms with van der Waals surface area (Å²) in [6.45, 7) is 4.27. The summed E-state index contributed by atoms with van der Waals surface area (Å²) in [5, 5.41) is 1.30. The van der Waals surface area contributed by atoms with Crippen LogP contribution in [-0.4, -0.2) is 4.98 Å². The summed E-state index contributed by atoms with van der Waals surface area (Å²) in [6.07, 6.45) is 2.10. The molecule has 0 aliphatic carbocycles. The van der Waals surface area contributed by atoms with Gasteiger partial charge >= 0.3 is 0 Å². The van der Waals surface area contributed by atoms with E-state index in [0.29, 0.717) is 0 Å². The smallest absolute Gasteiger partial charge is 0.0490 e. The average molecular weight is 221 g/mol. The number of hydrogen-bond acceptors (Lipinski definition) is 0. The molecule has 1 aromatic heterocycles. The van der Waals surface area contributed by atoms with Crippen molar-refractivity contribution in [1.29, 1.82) is 0 Å². The lowest BCUT2D eigenvalue weighted by Gasteiger charge is -2.01. The number of aromatic amines is 1. The first-order valence-corrected chi connectivity index (χ1v) is 5.89. The minimum atomic E-state index is 1.24. The Balaban J connectivity index is 2.28. The third kappa shape index (κ3) is 1.64. The number of hydrogen-bond donors (Lipinski definition) is 1. The van der Waals surface area contributed by atoms with Crippen LogP contribution in [0, 0.1) is 13.8 Å². The lowest BCUT2D eigenvalue weighted by molar-refractivity contribution is 1.41. The van der Waals surface area contributed by atoms with E-state index in [-0.39, 0.29) is 0 Å². The van der Waals surface area contributed by atoms with Gasteiger partial charge in [0.15, 0.2) is 0 Å². The standard InChI is InChI=1S/C16H15N/c1-11-5-3-7-13(9-11)15-10-17-16-12(2)6-4-8-14(15)16/h3-10,17H,1-2H3. The maximum absolute atomic E-state index is 3.37. The van der Waals surface area contributed by atoms with Crippen molar-refractivity contribution in [2.45, 2.75) is 13.8 Å². The molecule has 0 radical (unpaired) electrons. The van der Waals surface area contributed by atoms with E-state index in [2.05, 4.69) is 67.5 Å². The lowest BCUT2D eigenvalue weighted by Crippen LogP contribution is -1.78. The molecule has 17 heavy (non-hydrogen) atoms. The number of aryl methyl sites for hydroxylation is 2. The van der Waals surface area contributed by atoms with Crippen LogP contribution < -0.4 is 0 Å². The van der Waals surface area contributed by atoms with Gasteiger partial charge in [0.1, 0.15) is 0 Å². The van der Waals surface area contributed by atoms with Crippen molar-refractivity contribution in [1.82, 2.24) is 4.98 Å². The first-order chi connectivity index (χ1) is 8.25. The second-order valence-corrected chi connectivity index (χ2v) is 4.57. The Kier molecular flexibility index (Phi) is 2.25. The van der Waals surface area contributed by atoms with Crippen molar-refractivity contribution in [3.05, 3.63) is 59.8 Å². The van der Waals surface area contributed by atoms with Gasteiger partial charge in [-0.25, -0.2) is 0 Å². The highest BCUT2D eigenvalue weighted by Crippen LogP contribution is 2.30. The number of fused-ring (bicyclic) bond motifs is 1. The highest BCUT2D eigenvalue weighted by molar-refractivity contribution is 5.97. The molecular formula is C16H15N. The fraction of sp³-hybridized carbons (Fsp3) is 0.125. The predicted molar refractivity (Wildman–Crippen MR) is 73.2 cm³/mol. The van der Waals surface area contributed by atoms with Crippen LogP contribution in [0.5, 0.6) is 0 Å². The van der Waals surface area contributed by atoms with Gasteiger partial charge in [0.05, 0.1) is 0 Å². The van der Waals surface area contributed by atoms with E-state index in [1.807, 2.05) is 0 Å². The van der Waals surface area contributed by atoms with Crippen LogP contribution in [0.4, 0.5) is 0 Å². The van der Waals surface area contributed by atoms with Crippen molar-refractivity contribution in [2.75, 3.05) is 0 Å². The van der Waals surface area contributed by atoms with Crippen LogP contribution in [0.3, 0.4) is 0 Å². The minimum absolute atomic E-state index is 1.24. The summed E-state index contributed by atoms with van der Waals surface area (Å²) in [6, 6.07) is 15.1. The molecule has 3 rings (SSSR count). The highest BCUT2D eigenvalue weighted by atomic mass is 14.7. The van der Waals surface area contributed by atoms with Gasteiger partial charge in [0, 0.05) is 22.7 Å². The predicted octanol–water partition coefficient (Wildman–Crippen LogP) is 4.45. The van der Waals surface area contributed by atoms with Crippen molar-refractivity contribution >= 4 is 10.9 Å². The summed E-state index contributed by atoms with van der Waals surface area (Å²) in [4.78, 5) is 3.37. The summed E-state index contributed by atoms with van der Waals surface area (Å²) >= 11 is 0. The Hall–Kier alpha value is -2.02. The van der Waals surface area contributed by atoms with Gasteiger partial charge in [-0.2, -0.15) is 0 Å². The van der Waals surface area contributed by atoms with Crippen LogP contribution in [0.1, 0.15) is 11.1 Å². The van der Waals surface area contributed by atoms with Crippen LogP contribution in [0.2, 0.25) is 0 Å². The fourth-order valence-electron chi connectivity index (χ4n) is 2.36. The van der Waals surface area contributed by atoms with Gasteiger partial charge in [-0.3, -0.25) is 0 Å². The molecule has 0 atom stereocenters. The molecule has 0 fully saturated rings. The molecule has 0 aliphatic heterocycles. The first-order valence-electron chi connectivity index (χ1n) is 5.89. The zero-order chi connectivity index (χ0) is 11.8. The Morgan fingerprint density at radius 2 is 1.76 bits per heavy atom. The summed E-state index contributed by atoms with van der Waals surface area (Å²) in [7, 11) is 0. The summed E-state index contributed by atoms with van der Waals surface area (Å²) in [5.74, 6) is 0. The molecular weight excluding hydrogens is 206 g/mol. The van der Waals surface area contributed by atoms with E-state index < -0.39 is 0 Å². The maximum atomic E-state index is 3.37. The zero-order valence-electron chi connectivity index (χ0n) is 10.1. The van der Waals surface area contributed by atoms with Gasteiger partial charge in [-0.05, 0) is 25.0 Å². The normalized spacial score (nSPS) is 10.9. The third-order valence-corrected chi connectivity index (χ3v) is 3.25. The quantitative estimate of drug-likeness (QED) is 0.624. The van der Waals surface area contributed by atoms with Crippen molar-refractivity contribution in [2.24, 2.45) is 0 Å². The van der Waals surface area contributed by atoms with Gasteiger partial charge in [0.2, 0.25) is 0 Å². The molecule has 0 bridgehead atoms. The van der Waals surface area contributed by atoms with Crippen LogP contribution >= 0.6 is 0 Å². The summed E-state index contributed by atoms with van der Waals surface area (Å²) < 4.78 is 0. The lowest BCUT2D eigenvalue weighted by atomic mass is 10.0. The SMILES string of the molecule is Cc1cccc(-c2c[nH]c3c(C)cccc23)c1. The Morgan fingerprint density at radius 1 is 0.941 bits per heavy atom. The Morgan fingerprint density at radius 3 is 2.59 bits per heavy atom. The number of aromatic nitrogens is 1. The first kappa shape index (κ1) is 10.2. The largest absolute Gasteiger partial charge is 0.360 e. The number of benzene rings is 2. The molecule has 0 aliphatic rings. The molecule has 3 aromatic rings.